The first-order chi connectivity index (χ1) is 14.2. The van der Waals surface area contributed by atoms with Crippen molar-refractivity contribution in [3.05, 3.63) is 87.1 Å². The van der Waals surface area contributed by atoms with Crippen molar-refractivity contribution in [2.24, 2.45) is 0 Å². The van der Waals surface area contributed by atoms with Crippen molar-refractivity contribution in [1.82, 2.24) is 4.90 Å². The lowest BCUT2D eigenvalue weighted by atomic mass is 9.92. The molecule has 3 aromatic rings. The first kappa shape index (κ1) is 19.7. The second-order valence-electron chi connectivity index (χ2n) is 7.02. The summed E-state index contributed by atoms with van der Waals surface area (Å²) in [5.41, 5.74) is 3.94. The molecule has 0 aliphatic carbocycles. The van der Waals surface area contributed by atoms with Crippen molar-refractivity contribution < 1.29 is 14.3 Å². The van der Waals surface area contributed by atoms with Crippen LogP contribution in [0.3, 0.4) is 0 Å². The van der Waals surface area contributed by atoms with Crippen LogP contribution in [0.25, 0.3) is 0 Å². The van der Waals surface area contributed by atoms with E-state index >= 15 is 0 Å². The number of hydrogen-bond donors (Lipinski definition) is 0. The maximum absolute atomic E-state index is 13.6. The number of amides is 1. The van der Waals surface area contributed by atoms with Crippen LogP contribution < -0.4 is 4.74 Å². The van der Waals surface area contributed by atoms with E-state index in [4.69, 9.17) is 9.47 Å². The molecular formula is C24H25NO3S. The van der Waals surface area contributed by atoms with Gasteiger partial charge in [-0.25, -0.2) is 0 Å². The van der Waals surface area contributed by atoms with Crippen molar-refractivity contribution in [3.8, 4) is 5.75 Å². The number of carbonyl (C=O) groups is 1. The van der Waals surface area contributed by atoms with Crippen LogP contribution in [0.2, 0.25) is 0 Å². The van der Waals surface area contributed by atoms with Crippen LogP contribution in [0.1, 0.15) is 44.9 Å². The van der Waals surface area contributed by atoms with Crippen molar-refractivity contribution >= 4 is 17.2 Å². The van der Waals surface area contributed by atoms with E-state index in [-0.39, 0.29) is 11.9 Å². The topological polar surface area (TPSA) is 38.8 Å². The molecular weight excluding hydrogens is 382 g/mol. The lowest BCUT2D eigenvalue weighted by Crippen LogP contribution is -2.40. The van der Waals surface area contributed by atoms with Crippen LogP contribution in [0.15, 0.2) is 60.0 Å². The lowest BCUT2D eigenvalue weighted by Gasteiger charge is -2.36. The summed E-state index contributed by atoms with van der Waals surface area (Å²) in [6.45, 7) is 3.71. The van der Waals surface area contributed by atoms with Crippen molar-refractivity contribution in [1.29, 1.82) is 0 Å². The SMILES string of the molecule is CCOCc1cc(C(=O)N2CCc3sccc3C2c2ccccc2)ccc1OC. The van der Waals surface area contributed by atoms with Crippen LogP contribution in [0.5, 0.6) is 5.75 Å². The molecule has 2 aromatic carbocycles. The highest BCUT2D eigenvalue weighted by molar-refractivity contribution is 7.10. The number of ether oxygens (including phenoxy) is 2. The maximum atomic E-state index is 13.6. The van der Waals surface area contributed by atoms with Crippen molar-refractivity contribution in [2.75, 3.05) is 20.3 Å². The Labute approximate surface area is 175 Å². The van der Waals surface area contributed by atoms with Gasteiger partial charge in [-0.15, -0.1) is 11.3 Å². The maximum Gasteiger partial charge on any atom is 0.254 e. The fourth-order valence-electron chi connectivity index (χ4n) is 3.93. The minimum absolute atomic E-state index is 0.0381. The molecule has 0 spiro atoms. The summed E-state index contributed by atoms with van der Waals surface area (Å²) >= 11 is 1.78. The van der Waals surface area contributed by atoms with Gasteiger partial charge < -0.3 is 14.4 Å². The molecule has 0 N–H and O–H groups in total. The van der Waals surface area contributed by atoms with Gasteiger partial charge in [0.2, 0.25) is 0 Å². The number of rotatable bonds is 6. The quantitative estimate of drug-likeness (QED) is 0.572. The Morgan fingerprint density at radius 1 is 1.17 bits per heavy atom. The Kier molecular flexibility index (Phi) is 5.97. The molecule has 1 aliphatic rings. The first-order valence-electron chi connectivity index (χ1n) is 9.89. The zero-order valence-corrected chi connectivity index (χ0v) is 17.6. The van der Waals surface area contributed by atoms with E-state index in [0.29, 0.717) is 25.3 Å². The second-order valence-corrected chi connectivity index (χ2v) is 8.03. The molecule has 1 aromatic heterocycles. The second kappa shape index (κ2) is 8.80. The Hall–Kier alpha value is -2.63. The molecule has 2 heterocycles. The van der Waals surface area contributed by atoms with Crippen LogP contribution in [-0.2, 0) is 17.8 Å². The predicted molar refractivity (Wildman–Crippen MR) is 116 cm³/mol. The Morgan fingerprint density at radius 2 is 2.00 bits per heavy atom. The normalized spacial score (nSPS) is 15.8. The molecule has 0 bridgehead atoms. The Bertz CT molecular complexity index is 983. The lowest BCUT2D eigenvalue weighted by molar-refractivity contribution is 0.0695. The molecule has 1 amide bonds. The molecule has 29 heavy (non-hydrogen) atoms. The summed E-state index contributed by atoms with van der Waals surface area (Å²) in [5, 5.41) is 2.13. The largest absolute Gasteiger partial charge is 0.496 e. The number of nitrogens with zero attached hydrogens (tertiary/aromatic N) is 1. The highest BCUT2D eigenvalue weighted by atomic mass is 32.1. The molecule has 1 aliphatic heterocycles. The third-order valence-electron chi connectivity index (χ3n) is 5.33. The van der Waals surface area contributed by atoms with Crippen molar-refractivity contribution in [3.63, 3.8) is 0 Å². The summed E-state index contributed by atoms with van der Waals surface area (Å²) in [5.74, 6) is 0.782. The van der Waals surface area contributed by atoms with E-state index in [2.05, 4.69) is 23.6 Å². The highest BCUT2D eigenvalue weighted by Crippen LogP contribution is 2.38. The fraction of sp³-hybridized carbons (Fsp3) is 0.292. The van der Waals surface area contributed by atoms with Crippen LogP contribution >= 0.6 is 11.3 Å². The standard InChI is InChI=1S/C24H25NO3S/c1-3-28-16-19-15-18(9-10-21(19)27-2)24(26)25-13-11-22-20(12-14-29-22)23(25)17-7-5-4-6-8-17/h4-10,12,14-15,23H,3,11,13,16H2,1-2H3. The van der Waals surface area contributed by atoms with E-state index in [9.17, 15) is 4.79 Å². The van der Waals surface area contributed by atoms with Gasteiger partial charge in [0.05, 0.1) is 19.8 Å². The highest BCUT2D eigenvalue weighted by Gasteiger charge is 2.33. The molecule has 4 nitrogen and oxygen atoms in total. The van der Waals surface area contributed by atoms with Gasteiger partial charge in [0.1, 0.15) is 5.75 Å². The van der Waals surface area contributed by atoms with Crippen LogP contribution in [0, 0.1) is 0 Å². The predicted octanol–water partition coefficient (Wildman–Crippen LogP) is 5.08. The zero-order chi connectivity index (χ0) is 20.2. The monoisotopic (exact) mass is 407 g/mol. The van der Waals surface area contributed by atoms with Gasteiger partial charge >= 0.3 is 0 Å². The van der Waals surface area contributed by atoms with Gasteiger partial charge in [0, 0.05) is 29.2 Å². The minimum atomic E-state index is -0.0591. The molecule has 5 heteroatoms. The average molecular weight is 408 g/mol. The number of fused-ring (bicyclic) bond motifs is 1. The molecule has 4 rings (SSSR count). The number of hydrogen-bond acceptors (Lipinski definition) is 4. The molecule has 0 saturated heterocycles. The van der Waals surface area contributed by atoms with E-state index < -0.39 is 0 Å². The minimum Gasteiger partial charge on any atom is -0.496 e. The number of methoxy groups -OCH3 is 1. The summed E-state index contributed by atoms with van der Waals surface area (Å²) in [6, 6.07) is 18.0. The summed E-state index contributed by atoms with van der Waals surface area (Å²) in [7, 11) is 1.64. The summed E-state index contributed by atoms with van der Waals surface area (Å²) < 4.78 is 11.0. The van der Waals surface area contributed by atoms with Gasteiger partial charge in [-0.05, 0) is 54.1 Å². The number of thiophene rings is 1. The molecule has 150 valence electrons. The third-order valence-corrected chi connectivity index (χ3v) is 6.33. The Balaban J connectivity index is 1.70. The number of benzene rings is 2. The van der Waals surface area contributed by atoms with Crippen LogP contribution in [0.4, 0.5) is 0 Å². The van der Waals surface area contributed by atoms with Gasteiger partial charge in [-0.1, -0.05) is 30.3 Å². The molecule has 1 atom stereocenters. The smallest absolute Gasteiger partial charge is 0.254 e. The number of carbonyl (C=O) groups excluding carboxylic acids is 1. The Morgan fingerprint density at radius 3 is 2.76 bits per heavy atom. The van der Waals surface area contributed by atoms with E-state index in [1.54, 1.807) is 18.4 Å². The molecule has 1 unspecified atom stereocenters. The van der Waals surface area contributed by atoms with E-state index in [1.165, 1.54) is 10.4 Å². The summed E-state index contributed by atoms with van der Waals surface area (Å²) in [6.07, 6.45) is 0.893. The van der Waals surface area contributed by atoms with E-state index in [1.807, 2.05) is 48.2 Å². The van der Waals surface area contributed by atoms with E-state index in [0.717, 1.165) is 23.3 Å². The summed E-state index contributed by atoms with van der Waals surface area (Å²) in [4.78, 5) is 17.0. The molecule has 0 saturated carbocycles. The third kappa shape index (κ3) is 3.93. The first-order valence-corrected chi connectivity index (χ1v) is 10.8. The molecule has 0 radical (unpaired) electrons. The van der Waals surface area contributed by atoms with Gasteiger partial charge in [0.15, 0.2) is 0 Å². The average Bonchev–Trinajstić information content (AvgIpc) is 3.25. The van der Waals surface area contributed by atoms with Crippen LogP contribution in [-0.4, -0.2) is 31.1 Å². The van der Waals surface area contributed by atoms with Gasteiger partial charge in [-0.2, -0.15) is 0 Å². The van der Waals surface area contributed by atoms with Crippen molar-refractivity contribution in [2.45, 2.75) is 26.0 Å². The zero-order valence-electron chi connectivity index (χ0n) is 16.8. The molecule has 0 fully saturated rings. The van der Waals surface area contributed by atoms with Gasteiger partial charge in [0.25, 0.3) is 5.91 Å². The van der Waals surface area contributed by atoms with Gasteiger partial charge in [-0.3, -0.25) is 4.79 Å². The fourth-order valence-corrected chi connectivity index (χ4v) is 4.84.